The lowest BCUT2D eigenvalue weighted by molar-refractivity contribution is 0.204. The van der Waals surface area contributed by atoms with Gasteiger partial charge in [-0.3, -0.25) is 0 Å². The first-order valence-corrected chi connectivity index (χ1v) is 9.14. The predicted octanol–water partition coefficient (Wildman–Crippen LogP) is 1.38. The quantitative estimate of drug-likeness (QED) is 0.813. The molecule has 1 aromatic heterocycles. The van der Waals surface area contributed by atoms with E-state index in [1.807, 2.05) is 25.1 Å². The third kappa shape index (κ3) is 3.49. The molecule has 1 saturated heterocycles. The minimum atomic E-state index is -3.47. The Bertz CT molecular complexity index is 779. The summed E-state index contributed by atoms with van der Waals surface area (Å²) in [5, 5.41) is 8.08. The Hall–Kier alpha value is -2.19. The highest BCUT2D eigenvalue weighted by atomic mass is 32.2. The number of anilines is 1. The number of benzene rings is 1. The summed E-state index contributed by atoms with van der Waals surface area (Å²) in [5.41, 5.74) is 0. The van der Waals surface area contributed by atoms with Crippen molar-refractivity contribution in [3.63, 3.8) is 0 Å². The molecule has 2 aromatic rings. The van der Waals surface area contributed by atoms with Crippen LogP contribution >= 0.6 is 0 Å². The zero-order valence-electron chi connectivity index (χ0n) is 13.7. The summed E-state index contributed by atoms with van der Waals surface area (Å²) in [6, 6.07) is 12.0. The Kier molecular flexibility index (Phi) is 4.68. The number of rotatable bonds is 5. The fraction of sp³-hybridized carbons (Fsp3) is 0.375. The van der Waals surface area contributed by atoms with Crippen molar-refractivity contribution in [1.82, 2.24) is 14.5 Å². The summed E-state index contributed by atoms with van der Waals surface area (Å²) in [6.45, 7) is 0.749. The van der Waals surface area contributed by atoms with Crippen LogP contribution in [-0.4, -0.2) is 56.2 Å². The van der Waals surface area contributed by atoms with Gasteiger partial charge in [-0.05, 0) is 24.6 Å². The molecule has 0 aliphatic carbocycles. The maximum Gasteiger partial charge on any atom is 0.243 e. The lowest BCUT2D eigenvalue weighted by Crippen LogP contribution is -2.31. The van der Waals surface area contributed by atoms with Gasteiger partial charge in [0.2, 0.25) is 15.9 Å². The molecule has 1 unspecified atom stereocenters. The van der Waals surface area contributed by atoms with Crippen LogP contribution in [0.4, 0.5) is 5.82 Å². The minimum Gasteiger partial charge on any atom is -0.472 e. The van der Waals surface area contributed by atoms with Gasteiger partial charge in [0, 0.05) is 26.7 Å². The van der Waals surface area contributed by atoms with Gasteiger partial charge < -0.3 is 9.64 Å². The van der Waals surface area contributed by atoms with Crippen molar-refractivity contribution in [3.05, 3.63) is 42.5 Å². The van der Waals surface area contributed by atoms with Crippen LogP contribution in [0.15, 0.2) is 47.4 Å². The van der Waals surface area contributed by atoms with Crippen molar-refractivity contribution < 1.29 is 13.2 Å². The first-order valence-electron chi connectivity index (χ1n) is 7.70. The van der Waals surface area contributed by atoms with Crippen molar-refractivity contribution in [1.29, 1.82) is 0 Å². The molecule has 0 radical (unpaired) electrons. The van der Waals surface area contributed by atoms with Gasteiger partial charge in [-0.25, -0.2) is 8.42 Å². The highest BCUT2D eigenvalue weighted by Crippen LogP contribution is 2.23. The largest absolute Gasteiger partial charge is 0.472 e. The Morgan fingerprint density at radius 3 is 2.50 bits per heavy atom. The molecular formula is C16H20N4O3S. The van der Waals surface area contributed by atoms with Crippen LogP contribution in [0.2, 0.25) is 0 Å². The van der Waals surface area contributed by atoms with Crippen LogP contribution in [-0.2, 0) is 10.0 Å². The molecule has 1 aliphatic heterocycles. The lowest BCUT2D eigenvalue weighted by atomic mass is 10.3. The van der Waals surface area contributed by atoms with Gasteiger partial charge in [0.1, 0.15) is 6.10 Å². The average Bonchev–Trinajstić information content (AvgIpc) is 3.05. The second-order valence-corrected chi connectivity index (χ2v) is 7.77. The van der Waals surface area contributed by atoms with Gasteiger partial charge in [-0.1, -0.05) is 18.2 Å². The summed E-state index contributed by atoms with van der Waals surface area (Å²) in [5.74, 6) is 1.15. The summed E-state index contributed by atoms with van der Waals surface area (Å²) >= 11 is 0. The first-order chi connectivity index (χ1) is 11.5. The number of hydrogen-bond donors (Lipinski definition) is 0. The van der Waals surface area contributed by atoms with E-state index in [9.17, 15) is 8.42 Å². The van der Waals surface area contributed by atoms with E-state index in [2.05, 4.69) is 10.2 Å². The molecule has 3 rings (SSSR count). The molecule has 0 N–H and O–H groups in total. The normalized spacial score (nSPS) is 18.5. The molecule has 7 nitrogen and oxygen atoms in total. The van der Waals surface area contributed by atoms with Gasteiger partial charge in [-0.15, -0.1) is 10.2 Å². The summed E-state index contributed by atoms with van der Waals surface area (Å²) in [6.07, 6.45) is 0.409. The van der Waals surface area contributed by atoms with E-state index < -0.39 is 10.0 Å². The molecule has 1 aliphatic rings. The topological polar surface area (TPSA) is 75.6 Å². The highest BCUT2D eigenvalue weighted by Gasteiger charge is 2.33. The Balaban J connectivity index is 1.65. The van der Waals surface area contributed by atoms with Crippen LogP contribution in [0, 0.1) is 0 Å². The zero-order chi connectivity index (χ0) is 17.2. The van der Waals surface area contributed by atoms with Crippen molar-refractivity contribution in [2.24, 2.45) is 0 Å². The lowest BCUT2D eigenvalue weighted by Gasteiger charge is -2.17. The zero-order valence-corrected chi connectivity index (χ0v) is 14.5. The van der Waals surface area contributed by atoms with Crippen molar-refractivity contribution in [3.8, 4) is 5.88 Å². The van der Waals surface area contributed by atoms with E-state index in [1.54, 1.807) is 36.4 Å². The molecular weight excluding hydrogens is 328 g/mol. The van der Waals surface area contributed by atoms with E-state index in [4.69, 9.17) is 4.74 Å². The third-order valence-corrected chi connectivity index (χ3v) is 5.74. The highest BCUT2D eigenvalue weighted by molar-refractivity contribution is 7.89. The standard InChI is InChI=1S/C16H20N4O3S/c1-19(2)15-8-9-16(18-17-15)23-13-10-11-20(12-13)24(21,22)14-6-4-3-5-7-14/h3-9,13H,10-12H2,1-2H3. The van der Waals surface area contributed by atoms with E-state index in [-0.39, 0.29) is 6.10 Å². The van der Waals surface area contributed by atoms with Gasteiger partial charge >= 0.3 is 0 Å². The SMILES string of the molecule is CN(C)c1ccc(OC2CCN(S(=O)(=O)c3ccccc3)C2)nn1. The maximum absolute atomic E-state index is 12.6. The van der Waals surface area contributed by atoms with Gasteiger partial charge in [-0.2, -0.15) is 4.31 Å². The number of nitrogens with zero attached hydrogens (tertiary/aromatic N) is 4. The van der Waals surface area contributed by atoms with Crippen LogP contribution in [0.1, 0.15) is 6.42 Å². The molecule has 1 fully saturated rings. The van der Waals surface area contributed by atoms with Crippen molar-refractivity contribution in [2.75, 3.05) is 32.1 Å². The van der Waals surface area contributed by atoms with Crippen molar-refractivity contribution >= 4 is 15.8 Å². The Morgan fingerprint density at radius 2 is 1.88 bits per heavy atom. The number of aromatic nitrogens is 2. The Labute approximate surface area is 141 Å². The molecule has 0 bridgehead atoms. The van der Waals surface area contributed by atoms with E-state index in [0.29, 0.717) is 30.3 Å². The molecule has 0 saturated carbocycles. The minimum absolute atomic E-state index is 0.219. The van der Waals surface area contributed by atoms with Crippen LogP contribution < -0.4 is 9.64 Å². The van der Waals surface area contributed by atoms with Gasteiger partial charge in [0.15, 0.2) is 5.82 Å². The molecule has 1 aromatic carbocycles. The maximum atomic E-state index is 12.6. The molecule has 8 heteroatoms. The predicted molar refractivity (Wildman–Crippen MR) is 90.6 cm³/mol. The molecule has 0 spiro atoms. The first kappa shape index (κ1) is 16.7. The van der Waals surface area contributed by atoms with E-state index in [0.717, 1.165) is 5.82 Å². The second kappa shape index (κ2) is 6.74. The molecule has 24 heavy (non-hydrogen) atoms. The summed E-state index contributed by atoms with van der Waals surface area (Å²) < 4.78 is 32.4. The summed E-state index contributed by atoms with van der Waals surface area (Å²) in [7, 11) is 0.294. The monoisotopic (exact) mass is 348 g/mol. The van der Waals surface area contributed by atoms with Gasteiger partial charge in [0.25, 0.3) is 0 Å². The second-order valence-electron chi connectivity index (χ2n) is 5.83. The van der Waals surface area contributed by atoms with Gasteiger partial charge in [0.05, 0.1) is 11.4 Å². The van der Waals surface area contributed by atoms with Crippen LogP contribution in [0.25, 0.3) is 0 Å². The molecule has 2 heterocycles. The number of hydrogen-bond acceptors (Lipinski definition) is 6. The number of ether oxygens (including phenoxy) is 1. The molecule has 1 atom stereocenters. The fourth-order valence-corrected chi connectivity index (χ4v) is 4.05. The third-order valence-electron chi connectivity index (χ3n) is 3.86. The summed E-state index contributed by atoms with van der Waals surface area (Å²) in [4.78, 5) is 2.15. The molecule has 128 valence electrons. The fourth-order valence-electron chi connectivity index (χ4n) is 2.54. The van der Waals surface area contributed by atoms with Crippen LogP contribution in [0.5, 0.6) is 5.88 Å². The number of sulfonamides is 1. The van der Waals surface area contributed by atoms with Crippen molar-refractivity contribution in [2.45, 2.75) is 17.4 Å². The smallest absolute Gasteiger partial charge is 0.243 e. The Morgan fingerprint density at radius 1 is 1.12 bits per heavy atom. The van der Waals surface area contributed by atoms with E-state index in [1.165, 1.54) is 4.31 Å². The average molecular weight is 348 g/mol. The molecule has 0 amide bonds. The van der Waals surface area contributed by atoms with E-state index >= 15 is 0 Å². The van der Waals surface area contributed by atoms with Crippen LogP contribution in [0.3, 0.4) is 0 Å².